The van der Waals surface area contributed by atoms with Crippen LogP contribution in [0, 0.1) is 0 Å². The highest BCUT2D eigenvalue weighted by Gasteiger charge is 2.18. The van der Waals surface area contributed by atoms with Crippen LogP contribution in [0.1, 0.15) is 5.56 Å². The van der Waals surface area contributed by atoms with E-state index in [1.54, 1.807) is 0 Å². The topological polar surface area (TPSA) is 69.4 Å². The predicted octanol–water partition coefficient (Wildman–Crippen LogP) is 3.98. The molecule has 0 aliphatic rings. The molecule has 2 rings (SSSR count). The molecule has 0 atom stereocenters. The molecule has 0 spiro atoms. The lowest BCUT2D eigenvalue weighted by Gasteiger charge is -2.11. The van der Waals surface area contributed by atoms with Gasteiger partial charge in [-0.05, 0) is 29.8 Å². The maximum absolute atomic E-state index is 11.3. The van der Waals surface area contributed by atoms with Crippen LogP contribution in [0.3, 0.4) is 0 Å². The van der Waals surface area contributed by atoms with Gasteiger partial charge < -0.3 is 4.74 Å². The van der Waals surface area contributed by atoms with Gasteiger partial charge in [-0.25, -0.2) is 13.6 Å². The first-order chi connectivity index (χ1) is 9.79. The lowest BCUT2D eigenvalue weighted by molar-refractivity contribution is 0.306. The SMILES string of the molecule is NS(=O)(=O)c1ccc(OCc2cccc(Br)c2)c(Cl)c1Cl. The molecular weight excluding hydrogens is 401 g/mol. The summed E-state index contributed by atoms with van der Waals surface area (Å²) in [6.07, 6.45) is 0. The third-order valence-corrected chi connectivity index (χ3v) is 5.02. The number of nitrogens with two attached hydrogens (primary N) is 1. The van der Waals surface area contributed by atoms with Crippen LogP contribution in [0.4, 0.5) is 0 Å². The van der Waals surface area contributed by atoms with E-state index in [4.69, 9.17) is 33.1 Å². The molecule has 0 heterocycles. The molecule has 0 radical (unpaired) electrons. The third kappa shape index (κ3) is 4.11. The summed E-state index contributed by atoms with van der Waals surface area (Å²) < 4.78 is 29.1. The van der Waals surface area contributed by atoms with Crippen molar-refractivity contribution in [3.05, 3.63) is 56.5 Å². The fourth-order valence-corrected chi connectivity index (χ4v) is 3.44. The van der Waals surface area contributed by atoms with Gasteiger partial charge in [0.1, 0.15) is 22.3 Å². The largest absolute Gasteiger partial charge is 0.487 e. The van der Waals surface area contributed by atoms with Gasteiger partial charge in [-0.15, -0.1) is 0 Å². The number of hydrogen-bond donors (Lipinski definition) is 1. The minimum atomic E-state index is -3.92. The molecule has 4 nitrogen and oxygen atoms in total. The van der Waals surface area contributed by atoms with E-state index in [9.17, 15) is 8.42 Å². The van der Waals surface area contributed by atoms with Crippen molar-refractivity contribution in [2.24, 2.45) is 5.14 Å². The first-order valence-corrected chi connectivity index (χ1v) is 8.76. The van der Waals surface area contributed by atoms with E-state index >= 15 is 0 Å². The summed E-state index contributed by atoms with van der Waals surface area (Å²) in [5.74, 6) is 0.286. The first-order valence-electron chi connectivity index (χ1n) is 5.67. The van der Waals surface area contributed by atoms with Crippen LogP contribution in [0.5, 0.6) is 5.75 Å². The van der Waals surface area contributed by atoms with Crippen molar-refractivity contribution in [2.45, 2.75) is 11.5 Å². The smallest absolute Gasteiger partial charge is 0.239 e. The molecule has 0 saturated heterocycles. The number of primary sulfonamides is 1. The molecule has 112 valence electrons. The highest BCUT2D eigenvalue weighted by Crippen LogP contribution is 2.36. The third-order valence-electron chi connectivity index (χ3n) is 2.60. The average Bonchev–Trinajstić information content (AvgIpc) is 2.39. The van der Waals surface area contributed by atoms with Gasteiger partial charge in [0.25, 0.3) is 0 Å². The summed E-state index contributed by atoms with van der Waals surface area (Å²) in [7, 11) is -3.92. The molecule has 0 aliphatic carbocycles. The summed E-state index contributed by atoms with van der Waals surface area (Å²) >= 11 is 15.3. The number of hydrogen-bond acceptors (Lipinski definition) is 3. The molecule has 0 aromatic heterocycles. The second-order valence-electron chi connectivity index (χ2n) is 4.15. The van der Waals surface area contributed by atoms with Gasteiger partial charge in [-0.3, -0.25) is 0 Å². The Bertz CT molecular complexity index is 781. The Labute approximate surface area is 141 Å². The Hall–Kier alpha value is -0.790. The molecule has 0 fully saturated rings. The molecule has 8 heteroatoms. The van der Waals surface area contributed by atoms with E-state index < -0.39 is 10.0 Å². The normalized spacial score (nSPS) is 11.4. The van der Waals surface area contributed by atoms with Crippen LogP contribution in [0.2, 0.25) is 10.0 Å². The van der Waals surface area contributed by atoms with Crippen molar-refractivity contribution in [1.29, 1.82) is 0 Å². The van der Waals surface area contributed by atoms with Crippen LogP contribution < -0.4 is 9.88 Å². The van der Waals surface area contributed by atoms with Crippen molar-refractivity contribution in [1.82, 2.24) is 0 Å². The van der Waals surface area contributed by atoms with E-state index in [0.717, 1.165) is 10.0 Å². The Balaban J connectivity index is 2.24. The van der Waals surface area contributed by atoms with E-state index in [-0.39, 0.29) is 27.3 Å². The van der Waals surface area contributed by atoms with Crippen molar-refractivity contribution in [3.63, 3.8) is 0 Å². The lowest BCUT2D eigenvalue weighted by atomic mass is 10.2. The number of halogens is 3. The number of ether oxygens (including phenoxy) is 1. The van der Waals surface area contributed by atoms with Crippen molar-refractivity contribution in [2.75, 3.05) is 0 Å². The molecule has 0 amide bonds. The molecule has 2 N–H and O–H groups in total. The highest BCUT2D eigenvalue weighted by molar-refractivity contribution is 9.10. The zero-order valence-electron chi connectivity index (χ0n) is 10.5. The van der Waals surface area contributed by atoms with E-state index in [1.807, 2.05) is 24.3 Å². The fraction of sp³-hybridized carbons (Fsp3) is 0.0769. The Morgan fingerprint density at radius 1 is 1.14 bits per heavy atom. The Morgan fingerprint density at radius 3 is 2.48 bits per heavy atom. The first kappa shape index (κ1) is 16.6. The summed E-state index contributed by atoms with van der Waals surface area (Å²) in [5, 5.41) is 4.91. The highest BCUT2D eigenvalue weighted by atomic mass is 79.9. The lowest BCUT2D eigenvalue weighted by Crippen LogP contribution is -2.13. The van der Waals surface area contributed by atoms with Gasteiger partial charge in [-0.2, -0.15) is 0 Å². The summed E-state index contributed by atoms with van der Waals surface area (Å²) in [4.78, 5) is -0.232. The molecule has 0 saturated carbocycles. The zero-order chi connectivity index (χ0) is 15.6. The summed E-state index contributed by atoms with van der Waals surface area (Å²) in [6, 6.07) is 10.2. The van der Waals surface area contributed by atoms with Gasteiger partial charge in [0.2, 0.25) is 10.0 Å². The zero-order valence-corrected chi connectivity index (χ0v) is 14.4. The van der Waals surface area contributed by atoms with Crippen LogP contribution in [0.15, 0.2) is 45.8 Å². The van der Waals surface area contributed by atoms with Crippen molar-refractivity contribution in [3.8, 4) is 5.75 Å². The van der Waals surface area contributed by atoms with Crippen molar-refractivity contribution < 1.29 is 13.2 Å². The van der Waals surface area contributed by atoms with Gasteiger partial charge in [0.05, 0.1) is 5.02 Å². The van der Waals surface area contributed by atoms with E-state index in [2.05, 4.69) is 15.9 Å². The summed E-state index contributed by atoms with van der Waals surface area (Å²) in [6.45, 7) is 0.268. The minimum absolute atomic E-state index is 0.0122. The van der Waals surface area contributed by atoms with Gasteiger partial charge in [-0.1, -0.05) is 51.3 Å². The molecule has 21 heavy (non-hydrogen) atoms. The standard InChI is InChI=1S/C13H10BrCl2NO3S/c14-9-3-1-2-8(6-9)7-20-10-4-5-11(21(17,18)19)13(16)12(10)15/h1-6H,7H2,(H2,17,18,19). The van der Waals surface area contributed by atoms with Gasteiger partial charge in [0, 0.05) is 4.47 Å². The predicted molar refractivity (Wildman–Crippen MR) is 86.3 cm³/mol. The minimum Gasteiger partial charge on any atom is -0.487 e. The van der Waals surface area contributed by atoms with Crippen LogP contribution >= 0.6 is 39.1 Å². The Morgan fingerprint density at radius 2 is 1.86 bits per heavy atom. The van der Waals surface area contributed by atoms with Crippen molar-refractivity contribution >= 4 is 49.2 Å². The molecule has 0 bridgehead atoms. The maximum Gasteiger partial charge on any atom is 0.239 e. The quantitative estimate of drug-likeness (QED) is 0.828. The monoisotopic (exact) mass is 409 g/mol. The molecule has 0 aliphatic heterocycles. The molecular formula is C13H10BrCl2NO3S. The molecule has 2 aromatic carbocycles. The maximum atomic E-state index is 11.3. The average molecular weight is 411 g/mol. The molecule has 0 unspecified atom stereocenters. The number of rotatable bonds is 4. The van der Waals surface area contributed by atoms with Gasteiger partial charge in [0.15, 0.2) is 0 Å². The van der Waals surface area contributed by atoms with E-state index in [0.29, 0.717) is 0 Å². The van der Waals surface area contributed by atoms with Crippen LogP contribution in [-0.4, -0.2) is 8.42 Å². The Kier molecular flexibility index (Phi) is 5.16. The van der Waals surface area contributed by atoms with Gasteiger partial charge >= 0.3 is 0 Å². The second-order valence-corrected chi connectivity index (χ2v) is 7.35. The second kappa shape index (κ2) is 6.54. The fourth-order valence-electron chi connectivity index (χ4n) is 1.63. The number of benzene rings is 2. The van der Waals surface area contributed by atoms with Crippen LogP contribution in [0.25, 0.3) is 0 Å². The summed E-state index contributed by atoms with van der Waals surface area (Å²) in [5.41, 5.74) is 0.923. The number of sulfonamides is 1. The van der Waals surface area contributed by atoms with Crippen LogP contribution in [-0.2, 0) is 16.6 Å². The van der Waals surface area contributed by atoms with E-state index in [1.165, 1.54) is 12.1 Å². The molecule has 2 aromatic rings.